The number of carboxylic acids is 1. The number of alkyl halides is 2. The van der Waals surface area contributed by atoms with E-state index in [1.54, 1.807) is 48.5 Å². The average molecular weight is 628 g/mol. The molecule has 0 saturated heterocycles. The van der Waals surface area contributed by atoms with Gasteiger partial charge < -0.3 is 9.67 Å². The van der Waals surface area contributed by atoms with Crippen molar-refractivity contribution >= 4 is 5.97 Å². The van der Waals surface area contributed by atoms with Crippen molar-refractivity contribution in [3.05, 3.63) is 96.6 Å². The molecule has 0 unspecified atom stereocenters. The first-order chi connectivity index (χ1) is 15.3. The standard InChI is InChI=1S/C18H16F2N3.C6H5NO2.Ir/c1-13(2)18(19,20)17-22-21-16(14-9-5-3-6-10-14)23(17)15-11-7-4-8-12-15;8-6(9)5-3-1-2-4-7-5;/h3-9,11-13H,1-2H3;1-4H,(H,8,9);/q-1;;. The van der Waals surface area contributed by atoms with Crippen molar-refractivity contribution in [1.29, 1.82) is 0 Å². The van der Waals surface area contributed by atoms with Crippen LogP contribution in [-0.2, 0) is 26.0 Å². The predicted molar refractivity (Wildman–Crippen MR) is 116 cm³/mol. The van der Waals surface area contributed by atoms with Crippen LogP contribution in [0.4, 0.5) is 8.78 Å². The molecular weight excluding hydrogens is 607 g/mol. The molecule has 2 aromatic heterocycles. The van der Waals surface area contributed by atoms with E-state index in [1.807, 2.05) is 18.2 Å². The van der Waals surface area contributed by atoms with Crippen LogP contribution < -0.4 is 0 Å². The predicted octanol–water partition coefficient (Wildman–Crippen LogP) is 5.26. The molecule has 173 valence electrons. The number of hydrogen-bond acceptors (Lipinski definition) is 4. The van der Waals surface area contributed by atoms with Crippen LogP contribution in [0.5, 0.6) is 0 Å². The summed E-state index contributed by atoms with van der Waals surface area (Å²) in [6, 6.07) is 23.9. The Balaban J connectivity index is 0.000000326. The monoisotopic (exact) mass is 628 g/mol. The maximum Gasteiger partial charge on any atom is 0.354 e. The molecule has 2 aromatic carbocycles. The zero-order valence-corrected chi connectivity index (χ0v) is 20.2. The molecule has 0 amide bonds. The van der Waals surface area contributed by atoms with Crippen LogP contribution >= 0.6 is 0 Å². The van der Waals surface area contributed by atoms with Gasteiger partial charge in [0.05, 0.1) is 5.82 Å². The summed E-state index contributed by atoms with van der Waals surface area (Å²) in [5, 5.41) is 16.1. The van der Waals surface area contributed by atoms with Gasteiger partial charge in [0.15, 0.2) is 5.82 Å². The van der Waals surface area contributed by atoms with Crippen LogP contribution in [0.15, 0.2) is 79.0 Å². The second-order valence-electron chi connectivity index (χ2n) is 7.09. The topological polar surface area (TPSA) is 80.9 Å². The zero-order chi connectivity index (χ0) is 23.1. The Morgan fingerprint density at radius 2 is 1.67 bits per heavy atom. The molecular formula is C24H21F2IrN4O2-. The van der Waals surface area contributed by atoms with E-state index in [0.29, 0.717) is 17.1 Å². The molecule has 4 aromatic rings. The second kappa shape index (κ2) is 11.5. The zero-order valence-electron chi connectivity index (χ0n) is 17.8. The van der Waals surface area contributed by atoms with Gasteiger partial charge in [0.1, 0.15) is 5.69 Å². The number of aromatic nitrogens is 4. The number of para-hydroxylation sites is 1. The van der Waals surface area contributed by atoms with Crippen LogP contribution in [-0.4, -0.2) is 30.8 Å². The molecule has 0 spiro atoms. The summed E-state index contributed by atoms with van der Waals surface area (Å²) < 4.78 is 30.6. The van der Waals surface area contributed by atoms with Crippen molar-refractivity contribution in [3.8, 4) is 17.1 Å². The summed E-state index contributed by atoms with van der Waals surface area (Å²) in [5.74, 6) is -4.97. The van der Waals surface area contributed by atoms with Gasteiger partial charge in [0.2, 0.25) is 0 Å². The molecule has 4 rings (SSSR count). The van der Waals surface area contributed by atoms with Gasteiger partial charge in [0, 0.05) is 37.9 Å². The van der Waals surface area contributed by atoms with Crippen molar-refractivity contribution < 1.29 is 38.8 Å². The molecule has 6 nitrogen and oxygen atoms in total. The van der Waals surface area contributed by atoms with Gasteiger partial charge in [-0.3, -0.25) is 0 Å². The summed E-state index contributed by atoms with van der Waals surface area (Å²) in [5.41, 5.74) is 1.30. The first-order valence-corrected chi connectivity index (χ1v) is 9.83. The normalized spacial score (nSPS) is 10.7. The average Bonchev–Trinajstić information content (AvgIpc) is 3.27. The molecule has 0 bridgehead atoms. The van der Waals surface area contributed by atoms with Gasteiger partial charge in [-0.1, -0.05) is 38.1 Å². The molecule has 9 heteroatoms. The van der Waals surface area contributed by atoms with E-state index < -0.39 is 17.8 Å². The smallest absolute Gasteiger partial charge is 0.354 e. The number of benzene rings is 2. The van der Waals surface area contributed by atoms with Crippen LogP contribution in [0.25, 0.3) is 17.1 Å². The van der Waals surface area contributed by atoms with Gasteiger partial charge in [-0.2, -0.15) is 13.9 Å². The van der Waals surface area contributed by atoms with E-state index in [4.69, 9.17) is 5.11 Å². The molecule has 0 fully saturated rings. The summed E-state index contributed by atoms with van der Waals surface area (Å²) >= 11 is 0. The number of aromatic carboxylic acids is 1. The Bertz CT molecular complexity index is 1160. The van der Waals surface area contributed by atoms with Gasteiger partial charge in [-0.05, 0) is 24.3 Å². The Kier molecular flexibility index (Phi) is 9.08. The van der Waals surface area contributed by atoms with E-state index in [0.717, 1.165) is 0 Å². The van der Waals surface area contributed by atoms with Gasteiger partial charge in [-0.25, -0.2) is 9.78 Å². The quantitative estimate of drug-likeness (QED) is 0.306. The largest absolute Gasteiger partial charge is 0.477 e. The number of carbonyl (C=O) groups is 1. The second-order valence-corrected chi connectivity index (χ2v) is 7.09. The Labute approximate surface area is 203 Å². The number of rotatable bonds is 5. The van der Waals surface area contributed by atoms with Crippen LogP contribution in [0, 0.1) is 12.0 Å². The molecule has 0 aliphatic rings. The van der Waals surface area contributed by atoms with E-state index in [-0.39, 0.29) is 31.6 Å². The number of carboxylic acid groups (broad SMARTS) is 1. The number of hydrogen-bond donors (Lipinski definition) is 1. The minimum atomic E-state index is -3.09. The van der Waals surface area contributed by atoms with Crippen LogP contribution in [0.1, 0.15) is 30.2 Å². The van der Waals surface area contributed by atoms with Crippen LogP contribution in [0.3, 0.4) is 0 Å². The third kappa shape index (κ3) is 6.15. The van der Waals surface area contributed by atoms with Gasteiger partial charge >= 0.3 is 11.9 Å². The third-order valence-corrected chi connectivity index (χ3v) is 4.53. The Morgan fingerprint density at radius 3 is 2.18 bits per heavy atom. The number of nitrogens with zero attached hydrogens (tertiary/aromatic N) is 4. The Hall–Kier alpha value is -3.29. The SMILES string of the molecule is CC(C)C(F)(F)c1nnc(-c2[c-]cccc2)n1-c1ccccc1.O=C(O)c1ccccn1.[Ir]. The molecule has 0 saturated carbocycles. The third-order valence-electron chi connectivity index (χ3n) is 4.53. The first kappa shape index (κ1) is 26.0. The molecule has 0 aliphatic carbocycles. The minimum Gasteiger partial charge on any atom is -0.477 e. The van der Waals surface area contributed by atoms with E-state index in [9.17, 15) is 13.6 Å². The van der Waals surface area contributed by atoms with Crippen molar-refractivity contribution in [2.45, 2.75) is 19.8 Å². The fourth-order valence-electron chi connectivity index (χ4n) is 2.78. The summed E-state index contributed by atoms with van der Waals surface area (Å²) in [6.07, 6.45) is 1.45. The summed E-state index contributed by atoms with van der Waals surface area (Å²) in [4.78, 5) is 13.7. The maximum atomic E-state index is 14.6. The van der Waals surface area contributed by atoms with E-state index >= 15 is 0 Å². The van der Waals surface area contributed by atoms with E-state index in [1.165, 1.54) is 30.7 Å². The molecule has 0 aliphatic heterocycles. The molecule has 33 heavy (non-hydrogen) atoms. The van der Waals surface area contributed by atoms with Crippen molar-refractivity contribution in [2.75, 3.05) is 0 Å². The molecule has 2 heterocycles. The van der Waals surface area contributed by atoms with E-state index in [2.05, 4.69) is 21.2 Å². The fourth-order valence-corrected chi connectivity index (χ4v) is 2.78. The number of halogens is 2. The Morgan fingerprint density at radius 1 is 1.00 bits per heavy atom. The maximum absolute atomic E-state index is 14.6. The number of pyridine rings is 1. The molecule has 0 atom stereocenters. The molecule has 1 N–H and O–H groups in total. The summed E-state index contributed by atoms with van der Waals surface area (Å²) in [6.45, 7) is 2.94. The van der Waals surface area contributed by atoms with Crippen molar-refractivity contribution in [2.24, 2.45) is 5.92 Å². The fraction of sp³-hybridized carbons (Fsp3) is 0.167. The van der Waals surface area contributed by atoms with Crippen LogP contribution in [0.2, 0.25) is 0 Å². The minimum absolute atomic E-state index is 0. The van der Waals surface area contributed by atoms with Crippen molar-refractivity contribution in [1.82, 2.24) is 19.7 Å². The van der Waals surface area contributed by atoms with Gasteiger partial charge in [-0.15, -0.1) is 41.0 Å². The summed E-state index contributed by atoms with van der Waals surface area (Å²) in [7, 11) is 0. The van der Waals surface area contributed by atoms with Gasteiger partial charge in [0.25, 0.3) is 0 Å². The van der Waals surface area contributed by atoms with Crippen molar-refractivity contribution in [3.63, 3.8) is 0 Å². The first-order valence-electron chi connectivity index (χ1n) is 9.83. The molecule has 1 radical (unpaired) electrons.